The second kappa shape index (κ2) is 6.02. The molecule has 1 aliphatic rings. The summed E-state index contributed by atoms with van der Waals surface area (Å²) < 4.78 is 0. The molecule has 0 unspecified atom stereocenters. The molecule has 1 saturated heterocycles. The molecule has 3 N–H and O–H groups in total. The summed E-state index contributed by atoms with van der Waals surface area (Å²) >= 11 is 0. The number of hydrogen-bond acceptors (Lipinski definition) is 2. The molecule has 3 nitrogen and oxygen atoms in total. The Hall–Kier alpha value is -1.92. The third-order valence-corrected chi connectivity index (χ3v) is 3.76. The summed E-state index contributed by atoms with van der Waals surface area (Å²) in [7, 11) is 0. The van der Waals surface area contributed by atoms with Crippen molar-refractivity contribution in [1.29, 1.82) is 0 Å². The summed E-state index contributed by atoms with van der Waals surface area (Å²) in [4.78, 5) is 3.38. The van der Waals surface area contributed by atoms with Crippen LogP contribution in [0.15, 0.2) is 24.3 Å². The van der Waals surface area contributed by atoms with Crippen LogP contribution in [0.4, 0.5) is 5.69 Å². The monoisotopic (exact) mass is 267 g/mol. The van der Waals surface area contributed by atoms with E-state index in [1.54, 1.807) is 0 Å². The van der Waals surface area contributed by atoms with Crippen LogP contribution in [-0.4, -0.2) is 24.1 Å². The van der Waals surface area contributed by atoms with Crippen LogP contribution in [0.25, 0.3) is 10.9 Å². The fourth-order valence-corrected chi connectivity index (χ4v) is 2.72. The third kappa shape index (κ3) is 2.81. The van der Waals surface area contributed by atoms with Crippen LogP contribution < -0.4 is 10.6 Å². The molecule has 3 rings (SSSR count). The van der Waals surface area contributed by atoms with Gasteiger partial charge in [0.25, 0.3) is 0 Å². The molecule has 1 aromatic carbocycles. The molecule has 0 atom stereocenters. The lowest BCUT2D eigenvalue weighted by atomic mass is 10.1. The first-order valence-corrected chi connectivity index (χ1v) is 7.44. The standard InChI is InChI=1S/C17H21N3/c1-2-3-5-14-12-15-16(6-4-7-17(15)20-14)19-13-8-10-18-11-9-13/h4,6-7,12-13,18-20H,2,8-11H2,1H3. The van der Waals surface area contributed by atoms with E-state index in [9.17, 15) is 0 Å². The highest BCUT2D eigenvalue weighted by atomic mass is 15.0. The summed E-state index contributed by atoms with van der Waals surface area (Å²) in [6.07, 6.45) is 3.25. The van der Waals surface area contributed by atoms with Gasteiger partial charge >= 0.3 is 0 Å². The van der Waals surface area contributed by atoms with Gasteiger partial charge < -0.3 is 15.6 Å². The molecular weight excluding hydrogens is 246 g/mol. The lowest BCUT2D eigenvalue weighted by molar-refractivity contribution is 0.479. The van der Waals surface area contributed by atoms with Crippen LogP contribution >= 0.6 is 0 Å². The fraction of sp³-hybridized carbons (Fsp3) is 0.412. The zero-order chi connectivity index (χ0) is 13.8. The van der Waals surface area contributed by atoms with Crippen LogP contribution in [0.5, 0.6) is 0 Å². The van der Waals surface area contributed by atoms with Gasteiger partial charge in [-0.2, -0.15) is 0 Å². The number of piperidine rings is 1. The molecular formula is C17H21N3. The van der Waals surface area contributed by atoms with Gasteiger partial charge in [-0.3, -0.25) is 0 Å². The Balaban J connectivity index is 1.87. The number of nitrogens with one attached hydrogen (secondary N) is 3. The van der Waals surface area contributed by atoms with Crippen molar-refractivity contribution in [1.82, 2.24) is 10.3 Å². The number of hydrogen-bond donors (Lipinski definition) is 3. The molecule has 0 aliphatic carbocycles. The summed E-state index contributed by atoms with van der Waals surface area (Å²) in [5.41, 5.74) is 3.38. The molecule has 1 aromatic heterocycles. The summed E-state index contributed by atoms with van der Waals surface area (Å²) in [5, 5.41) is 8.33. The van der Waals surface area contributed by atoms with Crippen LogP contribution in [-0.2, 0) is 0 Å². The Labute approximate surface area is 120 Å². The van der Waals surface area contributed by atoms with E-state index in [4.69, 9.17) is 0 Å². The van der Waals surface area contributed by atoms with E-state index < -0.39 is 0 Å². The van der Waals surface area contributed by atoms with Crippen molar-refractivity contribution in [3.8, 4) is 11.8 Å². The van der Waals surface area contributed by atoms with Gasteiger partial charge in [-0.25, -0.2) is 0 Å². The van der Waals surface area contributed by atoms with E-state index in [2.05, 4.69) is 58.6 Å². The van der Waals surface area contributed by atoms with Crippen molar-refractivity contribution in [2.75, 3.05) is 18.4 Å². The third-order valence-electron chi connectivity index (χ3n) is 3.76. The molecule has 0 bridgehead atoms. The minimum atomic E-state index is 0.571. The average Bonchev–Trinajstić information content (AvgIpc) is 2.90. The highest BCUT2D eigenvalue weighted by Crippen LogP contribution is 2.25. The molecule has 1 fully saturated rings. The molecule has 3 heteroatoms. The highest BCUT2D eigenvalue weighted by molar-refractivity contribution is 5.93. The Kier molecular flexibility index (Phi) is 3.94. The zero-order valence-corrected chi connectivity index (χ0v) is 11.9. The lowest BCUT2D eigenvalue weighted by Crippen LogP contribution is -2.35. The first-order chi connectivity index (χ1) is 9.86. The van der Waals surface area contributed by atoms with E-state index in [-0.39, 0.29) is 0 Å². The molecule has 2 aromatic rings. The predicted octanol–water partition coefficient (Wildman–Crippen LogP) is 3.09. The first-order valence-electron chi connectivity index (χ1n) is 7.44. The van der Waals surface area contributed by atoms with Crippen molar-refractivity contribution in [3.05, 3.63) is 30.0 Å². The van der Waals surface area contributed by atoms with Gasteiger partial charge in [0.1, 0.15) is 0 Å². The Bertz CT molecular complexity index is 639. The predicted molar refractivity (Wildman–Crippen MR) is 85.0 cm³/mol. The van der Waals surface area contributed by atoms with Gasteiger partial charge in [0, 0.05) is 29.1 Å². The van der Waals surface area contributed by atoms with E-state index >= 15 is 0 Å². The molecule has 2 heterocycles. The number of H-pyrrole nitrogens is 1. The quantitative estimate of drug-likeness (QED) is 0.732. The Morgan fingerprint density at radius 2 is 2.15 bits per heavy atom. The van der Waals surface area contributed by atoms with Gasteiger partial charge in [0.2, 0.25) is 0 Å². The first kappa shape index (κ1) is 13.1. The van der Waals surface area contributed by atoms with E-state index in [0.29, 0.717) is 6.04 Å². The highest BCUT2D eigenvalue weighted by Gasteiger charge is 2.14. The van der Waals surface area contributed by atoms with Crippen molar-refractivity contribution < 1.29 is 0 Å². The maximum atomic E-state index is 3.69. The number of rotatable bonds is 2. The summed E-state index contributed by atoms with van der Waals surface area (Å²) in [6.45, 7) is 4.28. The second-order valence-corrected chi connectivity index (χ2v) is 5.27. The van der Waals surface area contributed by atoms with Crippen molar-refractivity contribution in [2.24, 2.45) is 0 Å². The summed E-state index contributed by atoms with van der Waals surface area (Å²) in [5.74, 6) is 6.29. The number of aromatic amines is 1. The number of benzene rings is 1. The van der Waals surface area contributed by atoms with Crippen LogP contribution in [0.3, 0.4) is 0 Å². The number of anilines is 1. The minimum absolute atomic E-state index is 0.571. The number of fused-ring (bicyclic) bond motifs is 1. The van der Waals surface area contributed by atoms with Gasteiger partial charge in [0.05, 0.1) is 5.69 Å². The molecule has 0 amide bonds. The topological polar surface area (TPSA) is 39.8 Å². The van der Waals surface area contributed by atoms with Crippen molar-refractivity contribution >= 4 is 16.6 Å². The maximum absolute atomic E-state index is 3.69. The lowest BCUT2D eigenvalue weighted by Gasteiger charge is -2.25. The van der Waals surface area contributed by atoms with Gasteiger partial charge in [0.15, 0.2) is 0 Å². The van der Waals surface area contributed by atoms with Crippen LogP contribution in [0.1, 0.15) is 31.9 Å². The van der Waals surface area contributed by atoms with Gasteiger partial charge in [-0.15, -0.1) is 0 Å². The zero-order valence-electron chi connectivity index (χ0n) is 11.9. The molecule has 104 valence electrons. The van der Waals surface area contributed by atoms with E-state index in [1.807, 2.05) is 0 Å². The largest absolute Gasteiger partial charge is 0.382 e. The van der Waals surface area contributed by atoms with Gasteiger partial charge in [-0.1, -0.05) is 18.9 Å². The van der Waals surface area contributed by atoms with E-state index in [1.165, 1.54) is 23.9 Å². The van der Waals surface area contributed by atoms with Crippen molar-refractivity contribution in [3.63, 3.8) is 0 Å². The maximum Gasteiger partial charge on any atom is 0.0905 e. The normalized spacial score (nSPS) is 15.8. The van der Waals surface area contributed by atoms with Crippen LogP contribution in [0.2, 0.25) is 0 Å². The minimum Gasteiger partial charge on any atom is -0.382 e. The molecule has 20 heavy (non-hydrogen) atoms. The van der Waals surface area contributed by atoms with Crippen molar-refractivity contribution in [2.45, 2.75) is 32.2 Å². The molecule has 0 radical (unpaired) electrons. The molecule has 1 aliphatic heterocycles. The molecule has 0 saturated carbocycles. The SMILES string of the molecule is CCC#Cc1cc2c(NC3CCNCC3)cccc2[nH]1. The smallest absolute Gasteiger partial charge is 0.0905 e. The summed E-state index contributed by atoms with van der Waals surface area (Å²) in [6, 6.07) is 9.10. The fourth-order valence-electron chi connectivity index (χ4n) is 2.72. The number of aromatic nitrogens is 1. The van der Waals surface area contributed by atoms with Gasteiger partial charge in [-0.05, 0) is 50.1 Å². The van der Waals surface area contributed by atoms with E-state index in [0.717, 1.165) is 30.7 Å². The average molecular weight is 267 g/mol. The Morgan fingerprint density at radius 3 is 2.95 bits per heavy atom. The molecule has 0 spiro atoms. The Morgan fingerprint density at radius 1 is 1.30 bits per heavy atom. The van der Waals surface area contributed by atoms with Crippen LogP contribution in [0, 0.1) is 11.8 Å². The second-order valence-electron chi connectivity index (χ2n) is 5.27.